The van der Waals surface area contributed by atoms with Crippen molar-refractivity contribution in [2.24, 2.45) is 0 Å². The maximum atomic E-state index is 6.17. The van der Waals surface area contributed by atoms with Crippen LogP contribution in [0.1, 0.15) is 18.5 Å². The summed E-state index contributed by atoms with van der Waals surface area (Å²) in [5.41, 5.74) is 2.01. The molecule has 84 valence electrons. The molecule has 0 radical (unpaired) electrons. The summed E-state index contributed by atoms with van der Waals surface area (Å²) in [6, 6.07) is 6.02. The van der Waals surface area contributed by atoms with E-state index in [0.29, 0.717) is 0 Å². The molecule has 2 N–H and O–H groups in total. The van der Waals surface area contributed by atoms with Gasteiger partial charge in [0, 0.05) is 15.7 Å². The third-order valence-electron chi connectivity index (χ3n) is 2.31. The van der Waals surface area contributed by atoms with Gasteiger partial charge in [-0.1, -0.05) is 33.6 Å². The summed E-state index contributed by atoms with van der Waals surface area (Å²) in [6.45, 7) is 2.06. The summed E-state index contributed by atoms with van der Waals surface area (Å²) in [6.07, 6.45) is 3.55. The molecule has 1 heterocycles. The zero-order valence-electron chi connectivity index (χ0n) is 8.67. The van der Waals surface area contributed by atoms with Crippen LogP contribution in [0.25, 0.3) is 0 Å². The highest BCUT2D eigenvalue weighted by Crippen LogP contribution is 2.28. The molecule has 0 aliphatic heterocycles. The van der Waals surface area contributed by atoms with Crippen LogP contribution in [-0.4, -0.2) is 10.2 Å². The third-order valence-corrected chi connectivity index (χ3v) is 3.13. The van der Waals surface area contributed by atoms with Crippen molar-refractivity contribution in [3.8, 4) is 0 Å². The van der Waals surface area contributed by atoms with E-state index >= 15 is 0 Å². The van der Waals surface area contributed by atoms with E-state index in [2.05, 4.69) is 38.4 Å². The first kappa shape index (κ1) is 11.5. The number of benzene rings is 1. The average Bonchev–Trinajstić information content (AvgIpc) is 2.70. The van der Waals surface area contributed by atoms with E-state index < -0.39 is 0 Å². The fraction of sp³-hybridized carbons (Fsp3) is 0.182. The Balaban J connectivity index is 2.17. The number of aromatic nitrogens is 2. The van der Waals surface area contributed by atoms with Crippen molar-refractivity contribution >= 4 is 33.2 Å². The van der Waals surface area contributed by atoms with E-state index in [1.165, 1.54) is 0 Å². The highest BCUT2D eigenvalue weighted by atomic mass is 79.9. The molecule has 5 heteroatoms. The zero-order valence-corrected chi connectivity index (χ0v) is 11.0. The summed E-state index contributed by atoms with van der Waals surface area (Å²) >= 11 is 9.56. The Hall–Kier alpha value is -1.000. The van der Waals surface area contributed by atoms with Gasteiger partial charge in [-0.15, -0.1) is 0 Å². The SMILES string of the molecule is CC(Nc1cn[nH]c1)c1ccc(Br)cc1Cl. The van der Waals surface area contributed by atoms with Gasteiger partial charge < -0.3 is 5.32 Å². The van der Waals surface area contributed by atoms with Crippen LogP contribution in [-0.2, 0) is 0 Å². The van der Waals surface area contributed by atoms with Gasteiger partial charge in [-0.3, -0.25) is 5.10 Å². The average molecular weight is 301 g/mol. The van der Waals surface area contributed by atoms with Crippen LogP contribution in [0.3, 0.4) is 0 Å². The minimum atomic E-state index is 0.137. The largest absolute Gasteiger partial charge is 0.376 e. The van der Waals surface area contributed by atoms with E-state index in [4.69, 9.17) is 11.6 Å². The zero-order chi connectivity index (χ0) is 11.5. The number of hydrogen-bond acceptors (Lipinski definition) is 2. The normalized spacial score (nSPS) is 12.4. The summed E-state index contributed by atoms with van der Waals surface area (Å²) in [5.74, 6) is 0. The number of nitrogens with zero attached hydrogens (tertiary/aromatic N) is 1. The van der Waals surface area contributed by atoms with Gasteiger partial charge in [-0.25, -0.2) is 0 Å². The smallest absolute Gasteiger partial charge is 0.0728 e. The summed E-state index contributed by atoms with van der Waals surface area (Å²) in [4.78, 5) is 0. The van der Waals surface area contributed by atoms with Gasteiger partial charge in [-0.2, -0.15) is 5.10 Å². The number of nitrogens with one attached hydrogen (secondary N) is 2. The van der Waals surface area contributed by atoms with E-state index in [1.54, 1.807) is 6.20 Å². The molecular formula is C11H11BrClN3. The predicted molar refractivity (Wildman–Crippen MR) is 69.8 cm³/mol. The molecule has 0 spiro atoms. The Bertz CT molecular complexity index is 470. The van der Waals surface area contributed by atoms with Crippen LogP contribution in [0.2, 0.25) is 5.02 Å². The Morgan fingerprint density at radius 2 is 2.31 bits per heavy atom. The molecular weight excluding hydrogens is 289 g/mol. The molecule has 16 heavy (non-hydrogen) atoms. The number of rotatable bonds is 3. The van der Waals surface area contributed by atoms with Crippen molar-refractivity contribution in [2.45, 2.75) is 13.0 Å². The van der Waals surface area contributed by atoms with E-state index in [0.717, 1.165) is 20.7 Å². The second-order valence-electron chi connectivity index (χ2n) is 3.52. The molecule has 0 bridgehead atoms. The number of anilines is 1. The molecule has 2 aromatic rings. The fourth-order valence-electron chi connectivity index (χ4n) is 1.51. The van der Waals surface area contributed by atoms with E-state index in [-0.39, 0.29) is 6.04 Å². The molecule has 1 aromatic carbocycles. The fourth-order valence-corrected chi connectivity index (χ4v) is 2.35. The Labute approximate surface area is 107 Å². The summed E-state index contributed by atoms with van der Waals surface area (Å²) < 4.78 is 0.983. The Kier molecular flexibility index (Phi) is 3.51. The van der Waals surface area contributed by atoms with Crippen LogP contribution >= 0.6 is 27.5 Å². The molecule has 0 saturated carbocycles. The van der Waals surface area contributed by atoms with Gasteiger partial charge in [0.2, 0.25) is 0 Å². The number of aromatic amines is 1. The molecule has 1 aromatic heterocycles. The van der Waals surface area contributed by atoms with Crippen molar-refractivity contribution in [3.05, 3.63) is 45.7 Å². The molecule has 0 fully saturated rings. The monoisotopic (exact) mass is 299 g/mol. The minimum Gasteiger partial charge on any atom is -0.376 e. The lowest BCUT2D eigenvalue weighted by molar-refractivity contribution is 0.885. The molecule has 0 aliphatic rings. The maximum Gasteiger partial charge on any atom is 0.0728 e. The first-order valence-corrected chi connectivity index (χ1v) is 6.04. The number of hydrogen-bond donors (Lipinski definition) is 2. The molecule has 0 amide bonds. The van der Waals surface area contributed by atoms with E-state index in [1.807, 2.05) is 24.4 Å². The lowest BCUT2D eigenvalue weighted by atomic mass is 10.1. The summed E-state index contributed by atoms with van der Waals surface area (Å²) in [5, 5.41) is 10.7. The Morgan fingerprint density at radius 3 is 2.94 bits per heavy atom. The summed E-state index contributed by atoms with van der Waals surface area (Å²) in [7, 11) is 0. The molecule has 1 unspecified atom stereocenters. The maximum absolute atomic E-state index is 6.17. The van der Waals surface area contributed by atoms with Crippen molar-refractivity contribution in [1.82, 2.24) is 10.2 Å². The van der Waals surface area contributed by atoms with Crippen LogP contribution in [0, 0.1) is 0 Å². The van der Waals surface area contributed by atoms with Gasteiger partial charge >= 0.3 is 0 Å². The second kappa shape index (κ2) is 4.89. The van der Waals surface area contributed by atoms with Crippen molar-refractivity contribution in [3.63, 3.8) is 0 Å². The van der Waals surface area contributed by atoms with Gasteiger partial charge in [0.1, 0.15) is 0 Å². The second-order valence-corrected chi connectivity index (χ2v) is 4.84. The molecule has 2 rings (SSSR count). The molecule has 1 atom stereocenters. The standard InChI is InChI=1S/C11H11BrClN3/c1-7(16-9-5-14-15-6-9)10-3-2-8(12)4-11(10)13/h2-7,16H,1H3,(H,14,15). The first-order chi connectivity index (χ1) is 7.66. The molecule has 0 aliphatic carbocycles. The lowest BCUT2D eigenvalue weighted by Crippen LogP contribution is -2.06. The molecule has 0 saturated heterocycles. The predicted octanol–water partition coefficient (Wildman–Crippen LogP) is 4.00. The van der Waals surface area contributed by atoms with Crippen LogP contribution in [0.15, 0.2) is 35.1 Å². The van der Waals surface area contributed by atoms with Gasteiger partial charge in [0.05, 0.1) is 17.9 Å². The highest BCUT2D eigenvalue weighted by Gasteiger charge is 2.09. The first-order valence-electron chi connectivity index (χ1n) is 4.87. The van der Waals surface area contributed by atoms with Crippen LogP contribution in [0.4, 0.5) is 5.69 Å². The quantitative estimate of drug-likeness (QED) is 0.899. The van der Waals surface area contributed by atoms with Crippen molar-refractivity contribution in [2.75, 3.05) is 5.32 Å². The van der Waals surface area contributed by atoms with Gasteiger partial charge in [-0.05, 0) is 24.6 Å². The lowest BCUT2D eigenvalue weighted by Gasteiger charge is -2.15. The Morgan fingerprint density at radius 1 is 1.50 bits per heavy atom. The highest BCUT2D eigenvalue weighted by molar-refractivity contribution is 9.10. The van der Waals surface area contributed by atoms with Gasteiger partial charge in [0.25, 0.3) is 0 Å². The van der Waals surface area contributed by atoms with Crippen molar-refractivity contribution < 1.29 is 0 Å². The third kappa shape index (κ3) is 2.57. The van der Waals surface area contributed by atoms with Gasteiger partial charge in [0.15, 0.2) is 0 Å². The number of halogens is 2. The van der Waals surface area contributed by atoms with Crippen molar-refractivity contribution in [1.29, 1.82) is 0 Å². The van der Waals surface area contributed by atoms with Crippen LogP contribution < -0.4 is 5.32 Å². The number of H-pyrrole nitrogens is 1. The molecule has 3 nitrogen and oxygen atoms in total. The topological polar surface area (TPSA) is 40.7 Å². The van der Waals surface area contributed by atoms with Crippen LogP contribution in [0.5, 0.6) is 0 Å². The van der Waals surface area contributed by atoms with E-state index in [9.17, 15) is 0 Å². The minimum absolute atomic E-state index is 0.137.